The third kappa shape index (κ3) is 4.34. The summed E-state index contributed by atoms with van der Waals surface area (Å²) in [4.78, 5) is 14.5. The van der Waals surface area contributed by atoms with E-state index in [1.54, 1.807) is 24.4 Å². The van der Waals surface area contributed by atoms with Gasteiger partial charge in [-0.2, -0.15) is 5.10 Å². The Morgan fingerprint density at radius 3 is 2.81 bits per heavy atom. The number of aromatic hydroxyl groups is 1. The van der Waals surface area contributed by atoms with Gasteiger partial charge in [-0.3, -0.25) is 14.8 Å². The summed E-state index contributed by atoms with van der Waals surface area (Å²) in [6.45, 7) is 1.09. The average Bonchev–Trinajstić information content (AvgIpc) is 3.39. The summed E-state index contributed by atoms with van der Waals surface area (Å²) in [6.07, 6.45) is 9.39. The minimum Gasteiger partial charge on any atom is -0.508 e. The van der Waals surface area contributed by atoms with Crippen LogP contribution in [0.15, 0.2) is 54.7 Å². The Labute approximate surface area is 187 Å². The van der Waals surface area contributed by atoms with Crippen LogP contribution in [-0.2, 0) is 4.79 Å². The van der Waals surface area contributed by atoms with Crippen LogP contribution in [-0.4, -0.2) is 57.9 Å². The highest BCUT2D eigenvalue weighted by atomic mass is 16.5. The van der Waals surface area contributed by atoms with Crippen LogP contribution in [0.3, 0.4) is 0 Å². The SMILES string of the molecule is CN1CCC[C@H]1/C=C/C(=O)NC1CC(Oc2cc(-c3ccc(O)cc3)cc3[nH]ncc23)C1. The van der Waals surface area contributed by atoms with Crippen LogP contribution >= 0.6 is 0 Å². The van der Waals surface area contributed by atoms with Gasteiger partial charge in [0.2, 0.25) is 5.91 Å². The number of likely N-dealkylation sites (tertiary alicyclic amines) is 1. The van der Waals surface area contributed by atoms with E-state index >= 15 is 0 Å². The van der Waals surface area contributed by atoms with Gasteiger partial charge in [-0.15, -0.1) is 0 Å². The summed E-state index contributed by atoms with van der Waals surface area (Å²) in [5.74, 6) is 0.985. The summed E-state index contributed by atoms with van der Waals surface area (Å²) in [5.41, 5.74) is 2.88. The zero-order valence-electron chi connectivity index (χ0n) is 18.1. The molecule has 3 aromatic rings. The highest BCUT2D eigenvalue weighted by Gasteiger charge is 2.32. The summed E-state index contributed by atoms with van der Waals surface area (Å²) < 4.78 is 6.29. The van der Waals surface area contributed by atoms with E-state index in [2.05, 4.69) is 27.5 Å². The number of hydrogen-bond donors (Lipinski definition) is 3. The van der Waals surface area contributed by atoms with Crippen molar-refractivity contribution in [3.05, 3.63) is 54.7 Å². The molecule has 166 valence electrons. The first-order chi connectivity index (χ1) is 15.5. The van der Waals surface area contributed by atoms with Crippen molar-refractivity contribution >= 4 is 16.8 Å². The lowest BCUT2D eigenvalue weighted by Crippen LogP contribution is -2.48. The fourth-order valence-corrected chi connectivity index (χ4v) is 4.52. The quantitative estimate of drug-likeness (QED) is 0.518. The highest BCUT2D eigenvalue weighted by Crippen LogP contribution is 2.35. The number of rotatable bonds is 6. The van der Waals surface area contributed by atoms with Crippen molar-refractivity contribution in [2.45, 2.75) is 43.9 Å². The molecule has 32 heavy (non-hydrogen) atoms. The molecule has 1 aliphatic carbocycles. The molecule has 5 rings (SSSR count). The molecule has 2 fully saturated rings. The first-order valence-corrected chi connectivity index (χ1v) is 11.2. The maximum Gasteiger partial charge on any atom is 0.243 e. The molecule has 1 amide bonds. The van der Waals surface area contributed by atoms with E-state index in [4.69, 9.17) is 4.74 Å². The van der Waals surface area contributed by atoms with E-state index in [0.29, 0.717) is 6.04 Å². The molecule has 1 atom stereocenters. The molecule has 1 saturated carbocycles. The van der Waals surface area contributed by atoms with E-state index in [1.165, 1.54) is 6.42 Å². The number of phenols is 1. The van der Waals surface area contributed by atoms with E-state index in [9.17, 15) is 9.90 Å². The normalized spacial score (nSPS) is 23.5. The number of carbonyl (C=O) groups excluding carboxylic acids is 1. The first kappa shape index (κ1) is 20.6. The number of amides is 1. The minimum atomic E-state index is -0.0275. The summed E-state index contributed by atoms with van der Waals surface area (Å²) in [7, 11) is 2.10. The summed E-state index contributed by atoms with van der Waals surface area (Å²) in [5, 5.41) is 20.8. The van der Waals surface area contributed by atoms with Crippen LogP contribution in [0, 0.1) is 0 Å². The van der Waals surface area contributed by atoms with Crippen molar-refractivity contribution in [2.75, 3.05) is 13.6 Å². The molecule has 0 spiro atoms. The largest absolute Gasteiger partial charge is 0.508 e. The molecule has 7 nitrogen and oxygen atoms in total. The third-order valence-corrected chi connectivity index (χ3v) is 6.50. The van der Waals surface area contributed by atoms with Gasteiger partial charge >= 0.3 is 0 Å². The smallest absolute Gasteiger partial charge is 0.243 e. The molecule has 1 aliphatic heterocycles. The van der Waals surface area contributed by atoms with Gasteiger partial charge in [-0.05, 0) is 61.8 Å². The number of hydrogen-bond acceptors (Lipinski definition) is 5. The van der Waals surface area contributed by atoms with Crippen LogP contribution in [0.2, 0.25) is 0 Å². The maximum atomic E-state index is 12.3. The maximum absolute atomic E-state index is 12.3. The molecule has 0 unspecified atom stereocenters. The number of H-pyrrole nitrogens is 1. The molecule has 1 aromatic heterocycles. The molecule has 0 bridgehead atoms. The molecule has 2 heterocycles. The van der Waals surface area contributed by atoms with Gasteiger partial charge in [0.05, 0.1) is 17.1 Å². The van der Waals surface area contributed by atoms with Crippen molar-refractivity contribution in [3.8, 4) is 22.6 Å². The zero-order valence-corrected chi connectivity index (χ0v) is 18.1. The Bertz CT molecular complexity index is 1130. The minimum absolute atomic E-state index is 0.0275. The lowest BCUT2D eigenvalue weighted by atomic mass is 9.89. The van der Waals surface area contributed by atoms with Gasteiger partial charge in [0, 0.05) is 31.0 Å². The Kier molecular flexibility index (Phi) is 5.57. The molecule has 3 N–H and O–H groups in total. The molecular formula is C25H28N4O3. The third-order valence-electron chi connectivity index (χ3n) is 6.50. The molecule has 2 aliphatic rings. The fourth-order valence-electron chi connectivity index (χ4n) is 4.52. The monoisotopic (exact) mass is 432 g/mol. The van der Waals surface area contributed by atoms with Gasteiger partial charge in [0.1, 0.15) is 17.6 Å². The second-order valence-corrected chi connectivity index (χ2v) is 8.82. The van der Waals surface area contributed by atoms with Crippen LogP contribution in [0.25, 0.3) is 22.0 Å². The topological polar surface area (TPSA) is 90.5 Å². The number of aromatic nitrogens is 2. The van der Waals surface area contributed by atoms with Crippen LogP contribution in [0.5, 0.6) is 11.5 Å². The average molecular weight is 433 g/mol. The number of benzene rings is 2. The lowest BCUT2D eigenvalue weighted by molar-refractivity contribution is -0.118. The molecule has 7 heteroatoms. The zero-order chi connectivity index (χ0) is 22.1. The Morgan fingerprint density at radius 1 is 1.25 bits per heavy atom. The fraction of sp³-hybridized carbons (Fsp3) is 0.360. The van der Waals surface area contributed by atoms with Crippen molar-refractivity contribution in [2.24, 2.45) is 0 Å². The molecular weight excluding hydrogens is 404 g/mol. The number of nitrogens with one attached hydrogen (secondary N) is 2. The van der Waals surface area contributed by atoms with E-state index in [1.807, 2.05) is 30.3 Å². The van der Waals surface area contributed by atoms with Gasteiger partial charge in [0.25, 0.3) is 0 Å². The predicted molar refractivity (Wildman–Crippen MR) is 124 cm³/mol. The molecule has 0 radical (unpaired) electrons. The molecule has 1 saturated heterocycles. The van der Waals surface area contributed by atoms with E-state index in [0.717, 1.165) is 53.6 Å². The van der Waals surface area contributed by atoms with Crippen LogP contribution in [0.4, 0.5) is 0 Å². The van der Waals surface area contributed by atoms with Crippen LogP contribution < -0.4 is 10.1 Å². The van der Waals surface area contributed by atoms with E-state index in [-0.39, 0.29) is 23.8 Å². The lowest BCUT2D eigenvalue weighted by Gasteiger charge is -2.35. The Morgan fingerprint density at radius 2 is 2.06 bits per heavy atom. The van der Waals surface area contributed by atoms with Crippen molar-refractivity contribution < 1.29 is 14.6 Å². The first-order valence-electron chi connectivity index (χ1n) is 11.2. The van der Waals surface area contributed by atoms with Gasteiger partial charge in [0.15, 0.2) is 0 Å². The second kappa shape index (κ2) is 8.67. The standard InChI is InChI=1S/C25H28N4O3/c1-29-10-2-3-19(29)6-9-25(31)27-18-13-21(14-18)32-24-12-17(11-23-22(24)15-26-28-23)16-4-7-20(30)8-5-16/h4-9,11-12,15,18-19,21,30H,2-3,10,13-14H2,1H3,(H,26,28)(H,27,31)/b9-6+/t18?,19-,21?/m0/s1. The van der Waals surface area contributed by atoms with Crippen molar-refractivity contribution in [3.63, 3.8) is 0 Å². The van der Waals surface area contributed by atoms with E-state index < -0.39 is 0 Å². The molecule has 2 aromatic carbocycles. The number of phenolic OH excluding ortho intramolecular Hbond substituents is 1. The Hall–Kier alpha value is -3.32. The summed E-state index contributed by atoms with van der Waals surface area (Å²) >= 11 is 0. The van der Waals surface area contributed by atoms with Gasteiger partial charge < -0.3 is 15.2 Å². The van der Waals surface area contributed by atoms with Crippen molar-refractivity contribution in [1.29, 1.82) is 0 Å². The predicted octanol–water partition coefficient (Wildman–Crippen LogP) is 3.61. The number of carbonyl (C=O) groups is 1. The summed E-state index contributed by atoms with van der Waals surface area (Å²) in [6, 6.07) is 11.6. The number of ether oxygens (including phenoxy) is 1. The van der Waals surface area contributed by atoms with Crippen LogP contribution in [0.1, 0.15) is 25.7 Å². The number of fused-ring (bicyclic) bond motifs is 1. The van der Waals surface area contributed by atoms with Crippen molar-refractivity contribution in [1.82, 2.24) is 20.4 Å². The van der Waals surface area contributed by atoms with Gasteiger partial charge in [-0.1, -0.05) is 18.2 Å². The number of aromatic amines is 1. The second-order valence-electron chi connectivity index (χ2n) is 8.82. The van der Waals surface area contributed by atoms with Gasteiger partial charge in [-0.25, -0.2) is 0 Å². The Balaban J connectivity index is 1.20. The highest BCUT2D eigenvalue weighted by molar-refractivity contribution is 5.90. The number of nitrogens with zero attached hydrogens (tertiary/aromatic N) is 2. The number of likely N-dealkylation sites (N-methyl/N-ethyl adjacent to an activating group) is 1.